The Morgan fingerprint density at radius 3 is 1.93 bits per heavy atom. The lowest BCUT2D eigenvalue weighted by atomic mass is 9.73. The summed E-state index contributed by atoms with van der Waals surface area (Å²) in [5.41, 5.74) is 0.527. The van der Waals surface area contributed by atoms with Gasteiger partial charge in [-0.3, -0.25) is 0 Å². The second kappa shape index (κ2) is 4.08. The molecule has 0 atom stereocenters. The molecule has 15 heavy (non-hydrogen) atoms. The Morgan fingerprint density at radius 1 is 1.00 bits per heavy atom. The molecule has 0 N–H and O–H groups in total. The molecule has 0 bridgehead atoms. The molecule has 88 valence electrons. The van der Waals surface area contributed by atoms with Gasteiger partial charge in [0.1, 0.15) is 0 Å². The maximum Gasteiger partial charge on any atom is 0.0100 e. The molecule has 2 rings (SSSR count). The Morgan fingerprint density at radius 2 is 1.53 bits per heavy atom. The van der Waals surface area contributed by atoms with Crippen molar-refractivity contribution in [3.05, 3.63) is 0 Å². The van der Waals surface area contributed by atoms with E-state index in [1.807, 2.05) is 0 Å². The van der Waals surface area contributed by atoms with Crippen LogP contribution in [0.3, 0.4) is 0 Å². The molecule has 1 aliphatic heterocycles. The molecule has 0 aromatic carbocycles. The van der Waals surface area contributed by atoms with E-state index < -0.39 is 0 Å². The van der Waals surface area contributed by atoms with Crippen LogP contribution in [0.15, 0.2) is 0 Å². The number of rotatable bonds is 1. The van der Waals surface area contributed by atoms with Gasteiger partial charge in [0.2, 0.25) is 0 Å². The van der Waals surface area contributed by atoms with Crippen LogP contribution < -0.4 is 0 Å². The summed E-state index contributed by atoms with van der Waals surface area (Å²) in [7, 11) is 0. The Kier molecular flexibility index (Phi) is 3.12. The number of likely N-dealkylation sites (tertiary alicyclic amines) is 1. The second-order valence-electron chi connectivity index (χ2n) is 6.91. The lowest BCUT2D eigenvalue weighted by Gasteiger charge is -2.46. The van der Waals surface area contributed by atoms with Crippen molar-refractivity contribution in [1.82, 2.24) is 4.90 Å². The van der Waals surface area contributed by atoms with Crippen LogP contribution in [0.4, 0.5) is 0 Å². The van der Waals surface area contributed by atoms with E-state index in [0.29, 0.717) is 5.41 Å². The smallest absolute Gasteiger partial charge is 0.0100 e. The summed E-state index contributed by atoms with van der Waals surface area (Å²) >= 11 is 0. The first-order chi connectivity index (χ1) is 6.97. The summed E-state index contributed by atoms with van der Waals surface area (Å²) in [6.45, 7) is 12.3. The summed E-state index contributed by atoms with van der Waals surface area (Å²) in [6, 6.07) is 0.945. The van der Waals surface area contributed by atoms with E-state index in [9.17, 15) is 0 Å². The maximum absolute atomic E-state index is 2.75. The van der Waals surface area contributed by atoms with Gasteiger partial charge in [0.05, 0.1) is 0 Å². The van der Waals surface area contributed by atoms with Gasteiger partial charge < -0.3 is 4.90 Å². The topological polar surface area (TPSA) is 3.24 Å². The predicted octanol–water partition coefficient (Wildman–Crippen LogP) is 3.54. The number of piperidine rings is 1. The zero-order valence-electron chi connectivity index (χ0n) is 10.9. The second-order valence-corrected chi connectivity index (χ2v) is 6.91. The molecule has 1 heteroatoms. The van der Waals surface area contributed by atoms with Gasteiger partial charge in [0.25, 0.3) is 0 Å². The van der Waals surface area contributed by atoms with E-state index in [2.05, 4.69) is 32.6 Å². The Labute approximate surface area is 95.2 Å². The minimum atomic E-state index is 0.527. The third-order valence-corrected chi connectivity index (χ3v) is 4.62. The monoisotopic (exact) mass is 209 g/mol. The van der Waals surface area contributed by atoms with Crippen molar-refractivity contribution in [1.29, 1.82) is 0 Å². The quantitative estimate of drug-likeness (QED) is 0.638. The van der Waals surface area contributed by atoms with Gasteiger partial charge in [0, 0.05) is 6.04 Å². The first-order valence-corrected chi connectivity index (χ1v) is 6.71. The lowest BCUT2D eigenvalue weighted by Crippen LogP contribution is -2.48. The van der Waals surface area contributed by atoms with Gasteiger partial charge in [-0.05, 0) is 56.0 Å². The van der Waals surface area contributed by atoms with Crippen LogP contribution in [0.25, 0.3) is 0 Å². The van der Waals surface area contributed by atoms with Crippen LogP contribution in [0.1, 0.15) is 53.4 Å². The SMILES string of the molecule is CC1CC(N2CCC(C(C)(C)C)CC2)C1. The van der Waals surface area contributed by atoms with Crippen LogP contribution in [0, 0.1) is 17.3 Å². The van der Waals surface area contributed by atoms with Crippen molar-refractivity contribution in [2.24, 2.45) is 17.3 Å². The highest BCUT2D eigenvalue weighted by atomic mass is 15.2. The average molecular weight is 209 g/mol. The summed E-state index contributed by atoms with van der Waals surface area (Å²) in [4.78, 5) is 2.75. The van der Waals surface area contributed by atoms with E-state index in [4.69, 9.17) is 0 Å². The van der Waals surface area contributed by atoms with Gasteiger partial charge in [-0.2, -0.15) is 0 Å². The fraction of sp³-hybridized carbons (Fsp3) is 1.00. The van der Waals surface area contributed by atoms with Crippen molar-refractivity contribution < 1.29 is 0 Å². The summed E-state index contributed by atoms with van der Waals surface area (Å²) in [5.74, 6) is 1.95. The highest BCUT2D eigenvalue weighted by Crippen LogP contribution is 2.38. The highest BCUT2D eigenvalue weighted by Gasteiger charge is 2.35. The predicted molar refractivity (Wildman–Crippen MR) is 65.9 cm³/mol. The molecular formula is C14H27N. The standard InChI is InChI=1S/C14H27N/c1-11-9-13(10-11)15-7-5-12(6-8-15)14(2,3)4/h11-13H,5-10H2,1-4H3. The van der Waals surface area contributed by atoms with Crippen LogP contribution in [0.5, 0.6) is 0 Å². The molecule has 1 nitrogen and oxygen atoms in total. The molecule has 0 radical (unpaired) electrons. The van der Waals surface area contributed by atoms with Gasteiger partial charge in [0.15, 0.2) is 0 Å². The fourth-order valence-corrected chi connectivity index (χ4v) is 3.29. The van der Waals surface area contributed by atoms with Crippen LogP contribution >= 0.6 is 0 Å². The molecule has 1 saturated carbocycles. The molecule has 0 amide bonds. The van der Waals surface area contributed by atoms with Crippen LogP contribution in [0.2, 0.25) is 0 Å². The van der Waals surface area contributed by atoms with E-state index in [-0.39, 0.29) is 0 Å². The van der Waals surface area contributed by atoms with Gasteiger partial charge in [-0.15, -0.1) is 0 Å². The number of hydrogen-bond donors (Lipinski definition) is 0. The summed E-state index contributed by atoms with van der Waals surface area (Å²) in [5, 5.41) is 0. The van der Waals surface area contributed by atoms with Crippen molar-refractivity contribution in [2.45, 2.75) is 59.4 Å². The Balaban J connectivity index is 1.77. The van der Waals surface area contributed by atoms with E-state index in [1.165, 1.54) is 38.8 Å². The van der Waals surface area contributed by atoms with Crippen LogP contribution in [-0.2, 0) is 0 Å². The largest absolute Gasteiger partial charge is 0.300 e. The number of nitrogens with zero attached hydrogens (tertiary/aromatic N) is 1. The van der Waals surface area contributed by atoms with Crippen molar-refractivity contribution in [3.63, 3.8) is 0 Å². The van der Waals surface area contributed by atoms with Crippen molar-refractivity contribution in [3.8, 4) is 0 Å². The van der Waals surface area contributed by atoms with Crippen molar-refractivity contribution in [2.75, 3.05) is 13.1 Å². The first-order valence-electron chi connectivity index (χ1n) is 6.71. The maximum atomic E-state index is 2.75. The lowest BCUT2D eigenvalue weighted by molar-refractivity contribution is 0.0321. The van der Waals surface area contributed by atoms with Crippen molar-refractivity contribution >= 4 is 0 Å². The van der Waals surface area contributed by atoms with Crippen LogP contribution in [-0.4, -0.2) is 24.0 Å². The molecule has 0 unspecified atom stereocenters. The van der Waals surface area contributed by atoms with Gasteiger partial charge >= 0.3 is 0 Å². The minimum Gasteiger partial charge on any atom is -0.300 e. The first kappa shape index (κ1) is 11.4. The summed E-state index contributed by atoms with van der Waals surface area (Å²) < 4.78 is 0. The molecule has 0 aromatic rings. The van der Waals surface area contributed by atoms with E-state index in [0.717, 1.165) is 17.9 Å². The third kappa shape index (κ3) is 2.55. The molecule has 2 fully saturated rings. The molecule has 0 aromatic heterocycles. The fourth-order valence-electron chi connectivity index (χ4n) is 3.29. The zero-order valence-corrected chi connectivity index (χ0v) is 10.9. The number of hydrogen-bond acceptors (Lipinski definition) is 1. The van der Waals surface area contributed by atoms with E-state index in [1.54, 1.807) is 0 Å². The summed E-state index contributed by atoms with van der Waals surface area (Å²) in [6.07, 6.45) is 5.77. The highest BCUT2D eigenvalue weighted by molar-refractivity contribution is 4.89. The normalized spacial score (nSPS) is 35.2. The minimum absolute atomic E-state index is 0.527. The molecule has 1 saturated heterocycles. The molecule has 1 aliphatic carbocycles. The molecule has 1 heterocycles. The average Bonchev–Trinajstić information content (AvgIpc) is 2.12. The zero-order chi connectivity index (χ0) is 11.1. The third-order valence-electron chi connectivity index (χ3n) is 4.62. The molecule has 2 aliphatic rings. The Hall–Kier alpha value is -0.0400. The van der Waals surface area contributed by atoms with Gasteiger partial charge in [-0.25, -0.2) is 0 Å². The Bertz CT molecular complexity index is 202. The molecule has 0 spiro atoms. The molecular weight excluding hydrogens is 182 g/mol. The van der Waals surface area contributed by atoms with E-state index >= 15 is 0 Å². The van der Waals surface area contributed by atoms with Gasteiger partial charge in [-0.1, -0.05) is 27.7 Å².